The van der Waals surface area contributed by atoms with E-state index < -0.39 is 0 Å². The van der Waals surface area contributed by atoms with Crippen LogP contribution in [0.1, 0.15) is 26.2 Å². The minimum Gasteiger partial charge on any atom is -0.357 e. The minimum absolute atomic E-state index is 0.0238. The van der Waals surface area contributed by atoms with Gasteiger partial charge in [-0.15, -0.1) is 0 Å². The lowest BCUT2D eigenvalue weighted by Gasteiger charge is -2.16. The number of anilines is 2. The average Bonchev–Trinajstić information content (AvgIpc) is 2.83. The molecule has 4 heteroatoms. The first kappa shape index (κ1) is 10.9. The summed E-state index contributed by atoms with van der Waals surface area (Å²) in [7, 11) is 0. The Bertz CT molecular complexity index is 355. The van der Waals surface area contributed by atoms with E-state index in [4.69, 9.17) is 0 Å². The molecule has 0 unspecified atom stereocenters. The van der Waals surface area contributed by atoms with Gasteiger partial charge in [-0.05, 0) is 25.0 Å². The topological polar surface area (TPSA) is 45.2 Å². The Morgan fingerprint density at radius 2 is 2.19 bits per heavy atom. The van der Waals surface area contributed by atoms with Crippen LogP contribution in [-0.4, -0.2) is 24.0 Å². The van der Waals surface area contributed by atoms with E-state index >= 15 is 0 Å². The van der Waals surface area contributed by atoms with Gasteiger partial charge in [-0.25, -0.2) is 4.98 Å². The van der Waals surface area contributed by atoms with Crippen molar-refractivity contribution in [2.75, 3.05) is 23.3 Å². The summed E-state index contributed by atoms with van der Waals surface area (Å²) in [6, 6.07) is 3.88. The van der Waals surface area contributed by atoms with Crippen LogP contribution in [0.15, 0.2) is 18.3 Å². The Kier molecular flexibility index (Phi) is 3.39. The predicted molar refractivity (Wildman–Crippen MR) is 64.6 cm³/mol. The Morgan fingerprint density at radius 1 is 1.44 bits per heavy atom. The van der Waals surface area contributed by atoms with Gasteiger partial charge in [0.15, 0.2) is 0 Å². The van der Waals surface area contributed by atoms with Crippen LogP contribution in [0.5, 0.6) is 0 Å². The van der Waals surface area contributed by atoms with Gasteiger partial charge >= 0.3 is 0 Å². The number of pyridine rings is 1. The monoisotopic (exact) mass is 219 g/mol. The van der Waals surface area contributed by atoms with E-state index in [1.54, 1.807) is 6.20 Å². The number of amides is 1. The molecule has 86 valence electrons. The zero-order chi connectivity index (χ0) is 11.4. The zero-order valence-corrected chi connectivity index (χ0v) is 9.57. The molecule has 4 nitrogen and oxygen atoms in total. The SMILES string of the molecule is CCC(=O)Nc1ccc(N2CCCC2)nc1. The van der Waals surface area contributed by atoms with Crippen molar-refractivity contribution in [2.24, 2.45) is 0 Å². The van der Waals surface area contributed by atoms with Crippen LogP contribution in [0.3, 0.4) is 0 Å². The van der Waals surface area contributed by atoms with Crippen LogP contribution < -0.4 is 10.2 Å². The van der Waals surface area contributed by atoms with Gasteiger partial charge < -0.3 is 10.2 Å². The van der Waals surface area contributed by atoms with E-state index in [1.165, 1.54) is 12.8 Å². The highest BCUT2D eigenvalue weighted by Gasteiger charge is 2.12. The van der Waals surface area contributed by atoms with E-state index in [1.807, 2.05) is 19.1 Å². The van der Waals surface area contributed by atoms with Crippen LogP contribution in [-0.2, 0) is 4.79 Å². The lowest BCUT2D eigenvalue weighted by atomic mass is 10.3. The third-order valence-electron chi connectivity index (χ3n) is 2.78. The molecular weight excluding hydrogens is 202 g/mol. The summed E-state index contributed by atoms with van der Waals surface area (Å²) in [5.41, 5.74) is 0.773. The van der Waals surface area contributed by atoms with Crippen LogP contribution in [0, 0.1) is 0 Å². The number of nitrogens with one attached hydrogen (secondary N) is 1. The van der Waals surface area contributed by atoms with Gasteiger partial charge in [0.2, 0.25) is 5.91 Å². The quantitative estimate of drug-likeness (QED) is 0.846. The fourth-order valence-electron chi connectivity index (χ4n) is 1.84. The highest BCUT2D eigenvalue weighted by molar-refractivity contribution is 5.90. The number of rotatable bonds is 3. The van der Waals surface area contributed by atoms with Crippen LogP contribution >= 0.6 is 0 Å². The number of aromatic nitrogens is 1. The number of carbonyl (C=O) groups excluding carboxylic acids is 1. The lowest BCUT2D eigenvalue weighted by Crippen LogP contribution is -2.19. The second-order valence-corrected chi connectivity index (χ2v) is 4.00. The van der Waals surface area contributed by atoms with Crippen molar-refractivity contribution >= 4 is 17.4 Å². The number of nitrogens with zero attached hydrogens (tertiary/aromatic N) is 2. The van der Waals surface area contributed by atoms with Crippen molar-refractivity contribution in [3.05, 3.63) is 18.3 Å². The van der Waals surface area contributed by atoms with Crippen LogP contribution in [0.2, 0.25) is 0 Å². The number of hydrogen-bond acceptors (Lipinski definition) is 3. The second kappa shape index (κ2) is 4.96. The molecule has 2 rings (SSSR count). The number of hydrogen-bond donors (Lipinski definition) is 1. The van der Waals surface area contributed by atoms with Crippen molar-refractivity contribution in [1.29, 1.82) is 0 Å². The average molecular weight is 219 g/mol. The molecule has 0 bridgehead atoms. The van der Waals surface area contributed by atoms with E-state index in [9.17, 15) is 4.79 Å². The molecule has 0 spiro atoms. The molecule has 0 radical (unpaired) electrons. The molecule has 1 aliphatic heterocycles. The fraction of sp³-hybridized carbons (Fsp3) is 0.500. The highest BCUT2D eigenvalue weighted by Crippen LogP contribution is 2.18. The summed E-state index contributed by atoms with van der Waals surface area (Å²) in [6.07, 6.45) is 4.71. The van der Waals surface area contributed by atoms with Gasteiger partial charge in [0, 0.05) is 19.5 Å². The molecule has 16 heavy (non-hydrogen) atoms. The van der Waals surface area contributed by atoms with Crippen molar-refractivity contribution in [3.63, 3.8) is 0 Å². The van der Waals surface area contributed by atoms with E-state index in [-0.39, 0.29) is 5.91 Å². The normalized spacial score (nSPS) is 15.2. The smallest absolute Gasteiger partial charge is 0.224 e. The first-order valence-corrected chi connectivity index (χ1v) is 5.80. The Morgan fingerprint density at radius 3 is 2.75 bits per heavy atom. The third kappa shape index (κ3) is 2.51. The summed E-state index contributed by atoms with van der Waals surface area (Å²) >= 11 is 0. The molecule has 0 aromatic carbocycles. The maximum atomic E-state index is 11.2. The number of carbonyl (C=O) groups is 1. The van der Waals surface area contributed by atoms with Crippen LogP contribution in [0.25, 0.3) is 0 Å². The first-order chi connectivity index (χ1) is 7.79. The Labute approximate surface area is 95.7 Å². The fourth-order valence-corrected chi connectivity index (χ4v) is 1.84. The van der Waals surface area contributed by atoms with Gasteiger partial charge in [0.1, 0.15) is 5.82 Å². The van der Waals surface area contributed by atoms with Crippen molar-refractivity contribution in [3.8, 4) is 0 Å². The molecular formula is C12H17N3O. The minimum atomic E-state index is 0.0238. The van der Waals surface area contributed by atoms with Gasteiger partial charge in [0.25, 0.3) is 0 Å². The summed E-state index contributed by atoms with van der Waals surface area (Å²) in [5.74, 6) is 1.03. The largest absolute Gasteiger partial charge is 0.357 e. The maximum absolute atomic E-state index is 11.2. The lowest BCUT2D eigenvalue weighted by molar-refractivity contribution is -0.115. The van der Waals surface area contributed by atoms with E-state index in [2.05, 4.69) is 15.2 Å². The third-order valence-corrected chi connectivity index (χ3v) is 2.78. The molecule has 1 fully saturated rings. The molecule has 1 aromatic rings. The zero-order valence-electron chi connectivity index (χ0n) is 9.57. The van der Waals surface area contributed by atoms with Crippen molar-refractivity contribution < 1.29 is 4.79 Å². The molecule has 1 aromatic heterocycles. The van der Waals surface area contributed by atoms with Gasteiger partial charge in [0.05, 0.1) is 11.9 Å². The molecule has 1 amide bonds. The summed E-state index contributed by atoms with van der Waals surface area (Å²) in [4.78, 5) is 17.8. The molecule has 2 heterocycles. The van der Waals surface area contributed by atoms with Gasteiger partial charge in [-0.2, -0.15) is 0 Å². The summed E-state index contributed by atoms with van der Waals surface area (Å²) in [5, 5.41) is 2.79. The Balaban J connectivity index is 2.01. The standard InChI is InChI=1S/C12H17N3O/c1-2-12(16)14-10-5-6-11(13-9-10)15-7-3-4-8-15/h5-6,9H,2-4,7-8H2,1H3,(H,14,16). The van der Waals surface area contributed by atoms with E-state index in [0.29, 0.717) is 6.42 Å². The second-order valence-electron chi connectivity index (χ2n) is 4.00. The predicted octanol–water partition coefficient (Wildman–Crippen LogP) is 2.03. The highest BCUT2D eigenvalue weighted by atomic mass is 16.1. The van der Waals surface area contributed by atoms with Crippen molar-refractivity contribution in [1.82, 2.24) is 4.98 Å². The molecule has 1 N–H and O–H groups in total. The van der Waals surface area contributed by atoms with Crippen molar-refractivity contribution in [2.45, 2.75) is 26.2 Å². The first-order valence-electron chi connectivity index (χ1n) is 5.80. The van der Waals surface area contributed by atoms with E-state index in [0.717, 1.165) is 24.6 Å². The molecule has 0 aliphatic carbocycles. The molecule has 0 atom stereocenters. The Hall–Kier alpha value is -1.58. The van der Waals surface area contributed by atoms with Gasteiger partial charge in [-0.3, -0.25) is 4.79 Å². The van der Waals surface area contributed by atoms with Gasteiger partial charge in [-0.1, -0.05) is 6.92 Å². The van der Waals surface area contributed by atoms with Crippen LogP contribution in [0.4, 0.5) is 11.5 Å². The molecule has 1 saturated heterocycles. The maximum Gasteiger partial charge on any atom is 0.224 e. The molecule has 1 aliphatic rings. The summed E-state index contributed by atoms with van der Waals surface area (Å²) in [6.45, 7) is 4.02. The summed E-state index contributed by atoms with van der Waals surface area (Å²) < 4.78 is 0. The molecule has 0 saturated carbocycles.